The van der Waals surface area contributed by atoms with Crippen LogP contribution in [-0.4, -0.2) is 84.1 Å². The molecule has 3 aliphatic rings. The fourth-order valence-electron chi connectivity index (χ4n) is 4.83. The molecular weight excluding hydrogens is 370 g/mol. The van der Waals surface area contributed by atoms with E-state index in [2.05, 4.69) is 15.3 Å². The molecule has 158 valence electrons. The van der Waals surface area contributed by atoms with E-state index in [4.69, 9.17) is 4.74 Å². The van der Waals surface area contributed by atoms with E-state index in [0.29, 0.717) is 51.7 Å². The summed E-state index contributed by atoms with van der Waals surface area (Å²) in [4.78, 5) is 38.4. The number of rotatable bonds is 3. The van der Waals surface area contributed by atoms with Crippen molar-refractivity contribution in [2.24, 2.45) is 11.8 Å². The quantitative estimate of drug-likeness (QED) is 0.797. The molecule has 0 aliphatic carbocycles. The van der Waals surface area contributed by atoms with Crippen LogP contribution in [0.15, 0.2) is 12.5 Å². The Bertz CT molecular complexity index is 729. The maximum Gasteiger partial charge on any atom is 0.227 e. The highest BCUT2D eigenvalue weighted by atomic mass is 16.5. The van der Waals surface area contributed by atoms with Gasteiger partial charge >= 0.3 is 0 Å². The van der Waals surface area contributed by atoms with Gasteiger partial charge in [-0.2, -0.15) is 0 Å². The molecule has 0 bridgehead atoms. The van der Waals surface area contributed by atoms with Crippen LogP contribution in [0.3, 0.4) is 0 Å². The number of carbonyl (C=O) groups is 2. The molecule has 0 spiro atoms. The molecule has 1 aromatic heterocycles. The summed E-state index contributed by atoms with van der Waals surface area (Å²) in [6, 6.07) is 0. The normalized spacial score (nSPS) is 26.4. The average Bonchev–Trinajstić information content (AvgIpc) is 2.79. The molecule has 0 radical (unpaired) electrons. The Morgan fingerprint density at radius 1 is 1.03 bits per heavy atom. The number of hydrogen-bond donors (Lipinski definition) is 1. The monoisotopic (exact) mass is 401 g/mol. The second-order valence-corrected chi connectivity index (χ2v) is 8.42. The van der Waals surface area contributed by atoms with E-state index in [-0.39, 0.29) is 23.7 Å². The van der Waals surface area contributed by atoms with Crippen LogP contribution >= 0.6 is 0 Å². The fourth-order valence-corrected chi connectivity index (χ4v) is 4.83. The third kappa shape index (κ3) is 4.59. The Balaban J connectivity index is 1.31. The molecule has 1 aromatic rings. The van der Waals surface area contributed by atoms with Crippen LogP contribution in [0.1, 0.15) is 36.4 Å². The van der Waals surface area contributed by atoms with E-state index in [1.54, 1.807) is 6.33 Å². The van der Waals surface area contributed by atoms with Gasteiger partial charge in [0.2, 0.25) is 11.8 Å². The molecule has 2 amide bonds. The lowest BCUT2D eigenvalue weighted by atomic mass is 9.86. The summed E-state index contributed by atoms with van der Waals surface area (Å²) in [5.41, 5.74) is 2.24. The minimum absolute atomic E-state index is 0.114. The summed E-state index contributed by atoms with van der Waals surface area (Å²) in [5, 5.41) is 3.32. The van der Waals surface area contributed by atoms with Crippen molar-refractivity contribution in [2.45, 2.75) is 32.1 Å². The van der Waals surface area contributed by atoms with Crippen molar-refractivity contribution >= 4 is 11.8 Å². The van der Waals surface area contributed by atoms with Crippen molar-refractivity contribution in [2.75, 3.05) is 52.5 Å². The molecular formula is C21H31N5O3. The zero-order valence-corrected chi connectivity index (χ0v) is 17.2. The molecule has 0 saturated carbocycles. The Morgan fingerprint density at radius 3 is 2.28 bits per heavy atom. The average molecular weight is 402 g/mol. The minimum Gasteiger partial charge on any atom is -0.378 e. The predicted molar refractivity (Wildman–Crippen MR) is 107 cm³/mol. The van der Waals surface area contributed by atoms with Crippen LogP contribution < -0.4 is 5.32 Å². The molecule has 0 unspecified atom stereocenters. The van der Waals surface area contributed by atoms with Gasteiger partial charge in [0.15, 0.2) is 0 Å². The van der Waals surface area contributed by atoms with Crippen molar-refractivity contribution < 1.29 is 14.3 Å². The van der Waals surface area contributed by atoms with Crippen molar-refractivity contribution in [3.63, 3.8) is 0 Å². The molecule has 8 heteroatoms. The Hall–Kier alpha value is -2.06. The third-order valence-corrected chi connectivity index (χ3v) is 6.50. The number of aromatic nitrogens is 2. The van der Waals surface area contributed by atoms with Gasteiger partial charge in [-0.1, -0.05) is 0 Å². The van der Waals surface area contributed by atoms with Crippen molar-refractivity contribution in [3.8, 4) is 0 Å². The van der Waals surface area contributed by atoms with Gasteiger partial charge in [-0.15, -0.1) is 0 Å². The molecule has 3 saturated heterocycles. The summed E-state index contributed by atoms with van der Waals surface area (Å²) in [6.45, 7) is 7.41. The molecule has 3 aliphatic heterocycles. The number of aryl methyl sites for hydroxylation is 1. The van der Waals surface area contributed by atoms with Crippen molar-refractivity contribution in [1.82, 2.24) is 25.1 Å². The number of nitrogens with one attached hydrogen (secondary N) is 1. The van der Waals surface area contributed by atoms with E-state index in [9.17, 15) is 9.59 Å². The highest BCUT2D eigenvalue weighted by molar-refractivity contribution is 5.83. The van der Waals surface area contributed by atoms with Crippen LogP contribution in [0.4, 0.5) is 0 Å². The van der Waals surface area contributed by atoms with Crippen LogP contribution in [-0.2, 0) is 14.3 Å². The van der Waals surface area contributed by atoms with Gasteiger partial charge in [0.25, 0.3) is 0 Å². The number of ether oxygens (including phenoxy) is 1. The summed E-state index contributed by atoms with van der Waals surface area (Å²) in [7, 11) is 0. The molecule has 29 heavy (non-hydrogen) atoms. The summed E-state index contributed by atoms with van der Waals surface area (Å²) < 4.78 is 5.35. The topological polar surface area (TPSA) is 87.7 Å². The van der Waals surface area contributed by atoms with Crippen molar-refractivity contribution in [3.05, 3.63) is 23.8 Å². The van der Waals surface area contributed by atoms with Gasteiger partial charge in [-0.05, 0) is 31.7 Å². The Morgan fingerprint density at radius 2 is 1.66 bits per heavy atom. The molecule has 0 aromatic carbocycles. The van der Waals surface area contributed by atoms with E-state index >= 15 is 0 Å². The number of carbonyl (C=O) groups excluding carboxylic acids is 2. The third-order valence-electron chi connectivity index (χ3n) is 6.50. The largest absolute Gasteiger partial charge is 0.378 e. The minimum atomic E-state index is -0.115. The van der Waals surface area contributed by atoms with Crippen LogP contribution in [0, 0.1) is 18.8 Å². The Kier molecular flexibility index (Phi) is 6.40. The Labute approximate surface area is 172 Å². The SMILES string of the molecule is Cc1cncnc1C1CCN(C(=O)[C@H]2CNC[C@H](C(=O)N3CCOCC3)C2)CC1. The van der Waals surface area contributed by atoms with E-state index in [1.165, 1.54) is 0 Å². The first-order chi connectivity index (χ1) is 14.1. The standard InChI is InChI=1S/C21H31N5O3/c1-15-11-23-14-24-19(15)16-2-4-25(5-3-16)20(27)17-10-18(13-22-12-17)21(28)26-6-8-29-9-7-26/h11,14,16-18,22H,2-10,12-13H2,1H3/t17-,18-/m1/s1. The lowest BCUT2D eigenvalue weighted by Gasteiger charge is -2.38. The van der Waals surface area contributed by atoms with Crippen molar-refractivity contribution in [1.29, 1.82) is 0 Å². The summed E-state index contributed by atoms with van der Waals surface area (Å²) >= 11 is 0. The molecule has 1 N–H and O–H groups in total. The molecule has 8 nitrogen and oxygen atoms in total. The first-order valence-electron chi connectivity index (χ1n) is 10.8. The van der Waals surface area contributed by atoms with Crippen LogP contribution in [0.2, 0.25) is 0 Å². The summed E-state index contributed by atoms with van der Waals surface area (Å²) in [6.07, 6.45) is 5.98. The molecule has 3 fully saturated rings. The number of piperidine rings is 2. The smallest absolute Gasteiger partial charge is 0.227 e. The highest BCUT2D eigenvalue weighted by Crippen LogP contribution is 2.30. The first kappa shape index (κ1) is 20.2. The number of morpholine rings is 1. The van der Waals surface area contributed by atoms with Gasteiger partial charge < -0.3 is 19.9 Å². The van der Waals surface area contributed by atoms with Gasteiger partial charge in [0.1, 0.15) is 6.33 Å². The maximum absolute atomic E-state index is 13.1. The number of nitrogens with zero attached hydrogens (tertiary/aromatic N) is 4. The zero-order valence-electron chi connectivity index (χ0n) is 17.2. The van der Waals surface area contributed by atoms with Gasteiger partial charge in [-0.25, -0.2) is 9.97 Å². The van der Waals surface area contributed by atoms with Gasteiger partial charge in [-0.3, -0.25) is 9.59 Å². The van der Waals surface area contributed by atoms with Crippen LogP contribution in [0.5, 0.6) is 0 Å². The second kappa shape index (κ2) is 9.17. The van der Waals surface area contributed by atoms with Crippen LogP contribution in [0.25, 0.3) is 0 Å². The number of amides is 2. The molecule has 4 rings (SSSR count). The predicted octanol–water partition coefficient (Wildman–Crippen LogP) is 0.576. The zero-order chi connectivity index (χ0) is 20.2. The second-order valence-electron chi connectivity index (χ2n) is 8.42. The number of likely N-dealkylation sites (tertiary alicyclic amines) is 1. The van der Waals surface area contributed by atoms with Gasteiger partial charge in [0, 0.05) is 57.1 Å². The lowest BCUT2D eigenvalue weighted by molar-refractivity contribution is -0.143. The fraction of sp³-hybridized carbons (Fsp3) is 0.714. The van der Waals surface area contributed by atoms with Gasteiger partial charge in [0.05, 0.1) is 25.0 Å². The highest BCUT2D eigenvalue weighted by Gasteiger charge is 2.36. The van der Waals surface area contributed by atoms with E-state index < -0.39 is 0 Å². The van der Waals surface area contributed by atoms with E-state index in [1.807, 2.05) is 22.9 Å². The first-order valence-corrected chi connectivity index (χ1v) is 10.8. The molecule has 4 heterocycles. The lowest BCUT2D eigenvalue weighted by Crippen LogP contribution is -2.52. The summed E-state index contributed by atoms with van der Waals surface area (Å²) in [5.74, 6) is 0.515. The van der Waals surface area contributed by atoms with E-state index in [0.717, 1.165) is 37.2 Å². The maximum atomic E-state index is 13.1. The number of hydrogen-bond acceptors (Lipinski definition) is 6. The molecule has 2 atom stereocenters.